The molecule has 22 heavy (non-hydrogen) atoms. The molecule has 4 rings (SSSR count). The number of anilines is 2. The van der Waals surface area contributed by atoms with Gasteiger partial charge in [-0.15, -0.1) is 0 Å². The van der Waals surface area contributed by atoms with E-state index >= 15 is 0 Å². The van der Waals surface area contributed by atoms with E-state index < -0.39 is 0 Å². The quantitative estimate of drug-likeness (QED) is 0.926. The van der Waals surface area contributed by atoms with E-state index in [4.69, 9.17) is 4.74 Å². The number of methoxy groups -OCH3 is 1. The Labute approximate surface area is 131 Å². The minimum absolute atomic E-state index is 0.321. The van der Waals surface area contributed by atoms with Gasteiger partial charge in [-0.3, -0.25) is 0 Å². The highest BCUT2D eigenvalue weighted by molar-refractivity contribution is 5.65. The van der Waals surface area contributed by atoms with Crippen molar-refractivity contribution in [3.8, 4) is 5.75 Å². The maximum atomic E-state index is 5.47. The molecule has 2 heterocycles. The van der Waals surface area contributed by atoms with E-state index in [0.29, 0.717) is 6.04 Å². The van der Waals surface area contributed by atoms with Gasteiger partial charge in [0.25, 0.3) is 0 Å². The second-order valence-corrected chi connectivity index (χ2v) is 6.19. The molecule has 2 aromatic carbocycles. The van der Waals surface area contributed by atoms with E-state index in [2.05, 4.69) is 52.7 Å². The Morgan fingerprint density at radius 1 is 1.09 bits per heavy atom. The van der Waals surface area contributed by atoms with Gasteiger partial charge in [-0.1, -0.05) is 24.3 Å². The molecule has 0 amide bonds. The smallest absolute Gasteiger partial charge is 0.141 e. The summed E-state index contributed by atoms with van der Waals surface area (Å²) in [7, 11) is 1.73. The highest BCUT2D eigenvalue weighted by Gasteiger charge is 2.24. The third kappa shape index (κ3) is 2.31. The van der Waals surface area contributed by atoms with Crippen LogP contribution in [0, 0.1) is 0 Å². The number of benzene rings is 2. The molecular weight excluding hydrogens is 272 g/mol. The first-order valence-electron chi connectivity index (χ1n) is 8.12. The van der Waals surface area contributed by atoms with Crippen LogP contribution in [0.25, 0.3) is 0 Å². The molecule has 3 heteroatoms. The van der Waals surface area contributed by atoms with Crippen molar-refractivity contribution >= 4 is 11.4 Å². The lowest BCUT2D eigenvalue weighted by Crippen LogP contribution is -2.24. The highest BCUT2D eigenvalue weighted by atomic mass is 16.5. The molecule has 0 aliphatic carbocycles. The Morgan fingerprint density at radius 2 is 1.91 bits per heavy atom. The fourth-order valence-electron chi connectivity index (χ4n) is 3.69. The number of nitrogens with one attached hydrogen (secondary N) is 1. The molecule has 1 N–H and O–H groups in total. The van der Waals surface area contributed by atoms with Crippen molar-refractivity contribution in [1.29, 1.82) is 0 Å². The van der Waals surface area contributed by atoms with Crippen molar-refractivity contribution in [1.82, 2.24) is 0 Å². The summed E-state index contributed by atoms with van der Waals surface area (Å²) in [6.07, 6.45) is 3.64. The zero-order chi connectivity index (χ0) is 14.9. The van der Waals surface area contributed by atoms with Crippen LogP contribution in [0.15, 0.2) is 42.5 Å². The fourth-order valence-corrected chi connectivity index (χ4v) is 3.69. The second-order valence-electron chi connectivity index (χ2n) is 6.19. The van der Waals surface area contributed by atoms with E-state index in [1.165, 1.54) is 42.7 Å². The summed E-state index contributed by atoms with van der Waals surface area (Å²) in [6.45, 7) is 2.36. The molecule has 2 aromatic rings. The van der Waals surface area contributed by atoms with Crippen LogP contribution in [0.2, 0.25) is 0 Å². The summed E-state index contributed by atoms with van der Waals surface area (Å²) in [4.78, 5) is 2.53. The molecule has 1 atom stereocenters. The molecule has 2 bridgehead atoms. The van der Waals surface area contributed by atoms with E-state index in [0.717, 1.165) is 17.9 Å². The minimum atomic E-state index is 0.321. The number of nitrogens with zero attached hydrogens (tertiary/aromatic N) is 1. The molecule has 0 saturated carbocycles. The number of fused-ring (bicyclic) bond motifs is 2. The van der Waals surface area contributed by atoms with Gasteiger partial charge >= 0.3 is 0 Å². The Kier molecular flexibility index (Phi) is 3.41. The third-order valence-electron chi connectivity index (χ3n) is 4.79. The summed E-state index contributed by atoms with van der Waals surface area (Å²) < 4.78 is 5.47. The largest absolute Gasteiger partial charge is 0.495 e. The SMILES string of the molecule is COc1ccc2cc1NC(c1ccccc1N1CCCC1)C2. The summed E-state index contributed by atoms with van der Waals surface area (Å²) in [5, 5.41) is 3.67. The van der Waals surface area contributed by atoms with Gasteiger partial charge in [0.2, 0.25) is 0 Å². The Morgan fingerprint density at radius 3 is 2.73 bits per heavy atom. The van der Waals surface area contributed by atoms with Gasteiger partial charge in [0.15, 0.2) is 0 Å². The van der Waals surface area contributed by atoms with Gasteiger partial charge in [0.1, 0.15) is 5.75 Å². The molecule has 1 fully saturated rings. The predicted octanol–water partition coefficient (Wildman–Crippen LogP) is 4.00. The number of ether oxygens (including phenoxy) is 1. The van der Waals surface area contributed by atoms with Gasteiger partial charge in [0.05, 0.1) is 18.8 Å². The molecule has 0 radical (unpaired) electrons. The van der Waals surface area contributed by atoms with Crippen molar-refractivity contribution < 1.29 is 4.74 Å². The lowest BCUT2D eigenvalue weighted by molar-refractivity contribution is 0.415. The minimum Gasteiger partial charge on any atom is -0.495 e. The van der Waals surface area contributed by atoms with E-state index in [1.807, 2.05) is 0 Å². The van der Waals surface area contributed by atoms with Crippen LogP contribution in [-0.2, 0) is 6.42 Å². The standard InChI is InChI=1S/C19H22N2O/c1-22-19-9-8-14-12-16(20-17(19)13-14)15-6-2-3-7-18(15)21-10-4-5-11-21/h2-3,6-9,13,16,20H,4-5,10-12H2,1H3. The Bertz CT molecular complexity index is 677. The van der Waals surface area contributed by atoms with Crippen molar-refractivity contribution in [3.05, 3.63) is 53.6 Å². The van der Waals surface area contributed by atoms with Crippen molar-refractivity contribution in [2.24, 2.45) is 0 Å². The predicted molar refractivity (Wildman–Crippen MR) is 91.0 cm³/mol. The van der Waals surface area contributed by atoms with Crippen LogP contribution < -0.4 is 15.0 Å². The van der Waals surface area contributed by atoms with Crippen LogP contribution in [-0.4, -0.2) is 20.2 Å². The third-order valence-corrected chi connectivity index (χ3v) is 4.79. The molecule has 0 aromatic heterocycles. The first-order valence-corrected chi connectivity index (χ1v) is 8.12. The lowest BCUT2D eigenvalue weighted by Gasteiger charge is -2.31. The zero-order valence-electron chi connectivity index (χ0n) is 13.0. The normalized spacial score (nSPS) is 19.9. The average Bonchev–Trinajstić information content (AvgIpc) is 3.09. The van der Waals surface area contributed by atoms with Gasteiger partial charge < -0.3 is 15.0 Å². The number of rotatable bonds is 3. The molecule has 114 valence electrons. The molecule has 1 saturated heterocycles. The van der Waals surface area contributed by atoms with Crippen LogP contribution >= 0.6 is 0 Å². The molecule has 2 aliphatic rings. The first-order chi connectivity index (χ1) is 10.8. The van der Waals surface area contributed by atoms with E-state index in [1.54, 1.807) is 7.11 Å². The maximum Gasteiger partial charge on any atom is 0.141 e. The Hall–Kier alpha value is -2.16. The topological polar surface area (TPSA) is 24.5 Å². The highest BCUT2D eigenvalue weighted by Crippen LogP contribution is 2.39. The number of para-hydroxylation sites is 1. The van der Waals surface area contributed by atoms with Crippen LogP contribution in [0.4, 0.5) is 11.4 Å². The maximum absolute atomic E-state index is 5.47. The first kappa shape index (κ1) is 13.5. The van der Waals surface area contributed by atoms with Crippen LogP contribution in [0.3, 0.4) is 0 Å². The van der Waals surface area contributed by atoms with Gasteiger partial charge in [0, 0.05) is 18.8 Å². The summed E-state index contributed by atoms with van der Waals surface area (Å²) >= 11 is 0. The lowest BCUT2D eigenvalue weighted by atomic mass is 9.93. The van der Waals surface area contributed by atoms with Gasteiger partial charge in [-0.05, 0) is 48.6 Å². The summed E-state index contributed by atoms with van der Waals surface area (Å²) in [5.41, 5.74) is 5.27. The zero-order valence-corrected chi connectivity index (χ0v) is 13.0. The van der Waals surface area contributed by atoms with Crippen LogP contribution in [0.5, 0.6) is 5.75 Å². The van der Waals surface area contributed by atoms with Crippen LogP contribution in [0.1, 0.15) is 30.0 Å². The molecule has 3 nitrogen and oxygen atoms in total. The molecule has 1 unspecified atom stereocenters. The number of hydrogen-bond donors (Lipinski definition) is 1. The average molecular weight is 294 g/mol. The fraction of sp³-hybridized carbons (Fsp3) is 0.368. The Balaban J connectivity index is 1.68. The molecular formula is C19H22N2O. The van der Waals surface area contributed by atoms with Crippen molar-refractivity contribution in [2.45, 2.75) is 25.3 Å². The van der Waals surface area contributed by atoms with Gasteiger partial charge in [-0.2, -0.15) is 0 Å². The molecule has 0 spiro atoms. The monoisotopic (exact) mass is 294 g/mol. The van der Waals surface area contributed by atoms with Gasteiger partial charge in [-0.25, -0.2) is 0 Å². The van der Waals surface area contributed by atoms with E-state index in [-0.39, 0.29) is 0 Å². The second kappa shape index (κ2) is 5.56. The van der Waals surface area contributed by atoms with E-state index in [9.17, 15) is 0 Å². The van der Waals surface area contributed by atoms with Crippen molar-refractivity contribution in [2.75, 3.05) is 30.4 Å². The molecule has 2 aliphatic heterocycles. The summed E-state index contributed by atoms with van der Waals surface area (Å²) in [5.74, 6) is 0.923. The van der Waals surface area contributed by atoms with Crippen molar-refractivity contribution in [3.63, 3.8) is 0 Å². The number of hydrogen-bond acceptors (Lipinski definition) is 3. The summed E-state index contributed by atoms with van der Waals surface area (Å²) in [6, 6.07) is 15.6.